The Hall–Kier alpha value is -3.49. The predicted octanol–water partition coefficient (Wildman–Crippen LogP) is -0.318. The number of β-lactam (4-membered cyclic amide) rings is 1. The topological polar surface area (TPSA) is 154 Å². The lowest BCUT2D eigenvalue weighted by atomic mass is 10.0. The number of nitrogens with one attached hydrogen (secondary N) is 1. The van der Waals surface area contributed by atoms with Crippen LogP contribution in [-0.4, -0.2) is 57.7 Å². The van der Waals surface area contributed by atoms with Gasteiger partial charge in [0.25, 0.3) is 16.6 Å². The molecule has 2 atom stereocenters. The zero-order chi connectivity index (χ0) is 24.7. The molecule has 3 N–H and O–H groups in total. The van der Waals surface area contributed by atoms with Crippen molar-refractivity contribution in [3.8, 4) is 0 Å². The molecule has 14 heteroatoms. The summed E-state index contributed by atoms with van der Waals surface area (Å²) in [5, 5.41) is 22.7. The third-order valence-electron chi connectivity index (χ3n) is 5.53. The van der Waals surface area contributed by atoms with Crippen LogP contribution in [0.15, 0.2) is 51.6 Å². The quantitative estimate of drug-likeness (QED) is 0.182. The van der Waals surface area contributed by atoms with Crippen LogP contribution < -0.4 is 20.7 Å². The van der Waals surface area contributed by atoms with Crippen molar-refractivity contribution in [1.82, 2.24) is 15.2 Å². The van der Waals surface area contributed by atoms with Crippen LogP contribution in [0.25, 0.3) is 10.2 Å². The number of nitrogens with two attached hydrogens (primary N) is 1. The molecule has 0 bridgehead atoms. The van der Waals surface area contributed by atoms with Gasteiger partial charge in [-0.1, -0.05) is 16.5 Å². The van der Waals surface area contributed by atoms with Crippen molar-refractivity contribution in [2.24, 2.45) is 5.16 Å². The molecule has 180 valence electrons. The molecule has 2 amide bonds. The number of amides is 2. The number of nitrogen functional groups attached to an aromatic ring is 1. The Balaban J connectivity index is 1.38. The van der Waals surface area contributed by atoms with Crippen molar-refractivity contribution in [3.63, 3.8) is 0 Å². The van der Waals surface area contributed by atoms with Gasteiger partial charge in [-0.2, -0.15) is 4.57 Å². The highest BCUT2D eigenvalue weighted by molar-refractivity contribution is 8.00. The lowest BCUT2D eigenvalue weighted by Crippen LogP contribution is -2.71. The molecule has 0 saturated carbocycles. The van der Waals surface area contributed by atoms with E-state index in [2.05, 4.69) is 15.5 Å². The van der Waals surface area contributed by atoms with Crippen molar-refractivity contribution in [2.45, 2.75) is 18.0 Å². The number of nitrogens with zero attached hydrogens (tertiary/aromatic N) is 4. The van der Waals surface area contributed by atoms with Crippen molar-refractivity contribution in [3.05, 3.63) is 52.1 Å². The number of oxime groups is 1. The van der Waals surface area contributed by atoms with E-state index in [0.29, 0.717) is 17.9 Å². The average Bonchev–Trinajstić information content (AvgIpc) is 3.49. The third kappa shape index (κ3) is 4.13. The third-order valence-corrected chi connectivity index (χ3v) is 8.51. The molecule has 0 radical (unpaired) electrons. The molecule has 11 nitrogen and oxygen atoms in total. The summed E-state index contributed by atoms with van der Waals surface area (Å²) in [6.45, 7) is 0.303. The Morgan fingerprint density at radius 3 is 2.94 bits per heavy atom. The summed E-state index contributed by atoms with van der Waals surface area (Å²) in [6.07, 6.45) is 1.87. The zero-order valence-corrected chi connectivity index (χ0v) is 20.6. The molecule has 1 fully saturated rings. The van der Waals surface area contributed by atoms with E-state index in [0.717, 1.165) is 21.6 Å². The van der Waals surface area contributed by atoms with E-state index >= 15 is 0 Å². The van der Waals surface area contributed by atoms with Gasteiger partial charge < -0.3 is 25.8 Å². The maximum atomic E-state index is 13.0. The monoisotopic (exact) mass is 530 g/mol. The number of carbonyl (C=O) groups excluding carboxylic acids is 3. The Kier molecular flexibility index (Phi) is 6.17. The standard InChI is InChI=1S/C21H18N6O5S3/c1-32-25-13(12-9-35-21(22)23-12)16(28)24-14-17(29)27-15(20(30)31)11(8-34-19(14)27)7-26-5-2-3-10-4-6-33-18(10)26/h2-6,9,14,19H,7-8H2,1H3,(H3-,22,23,24,28,30,31)/t14?,19-/m0/s1. The normalized spacial score (nSPS) is 20.0. The number of hydrogen-bond acceptors (Lipinski definition) is 11. The van der Waals surface area contributed by atoms with Gasteiger partial charge in [-0.15, -0.1) is 23.1 Å². The second kappa shape index (κ2) is 9.28. The number of fused-ring (bicyclic) bond motifs is 2. The highest BCUT2D eigenvalue weighted by Crippen LogP contribution is 2.40. The van der Waals surface area contributed by atoms with E-state index in [1.165, 1.54) is 23.8 Å². The Morgan fingerprint density at radius 2 is 2.23 bits per heavy atom. The Morgan fingerprint density at radius 1 is 1.40 bits per heavy atom. The van der Waals surface area contributed by atoms with Crippen LogP contribution in [-0.2, 0) is 25.8 Å². The van der Waals surface area contributed by atoms with Gasteiger partial charge in [0.05, 0.1) is 17.1 Å². The zero-order valence-electron chi connectivity index (χ0n) is 18.2. The minimum atomic E-state index is -1.43. The summed E-state index contributed by atoms with van der Waals surface area (Å²) in [7, 11) is 1.28. The largest absolute Gasteiger partial charge is 0.543 e. The number of anilines is 1. The summed E-state index contributed by atoms with van der Waals surface area (Å²) in [5.41, 5.74) is 6.14. The fourth-order valence-corrected chi connectivity index (χ4v) is 6.77. The molecule has 2 aliphatic heterocycles. The number of pyridine rings is 1. The fourth-order valence-electron chi connectivity index (χ4n) is 4.01. The Bertz CT molecular complexity index is 1410. The van der Waals surface area contributed by atoms with Gasteiger partial charge in [-0.3, -0.25) is 14.5 Å². The number of aliphatic carboxylic acids is 1. The van der Waals surface area contributed by atoms with Crippen LogP contribution in [0.4, 0.5) is 5.13 Å². The first kappa shape index (κ1) is 23.3. The summed E-state index contributed by atoms with van der Waals surface area (Å²) in [4.78, 5) is 48.9. The summed E-state index contributed by atoms with van der Waals surface area (Å²) in [6, 6.07) is 4.93. The number of carboxylic acid groups (broad SMARTS) is 1. The first-order valence-corrected chi connectivity index (χ1v) is 13.1. The van der Waals surface area contributed by atoms with E-state index in [4.69, 9.17) is 10.6 Å². The van der Waals surface area contributed by atoms with Crippen LogP contribution in [0.1, 0.15) is 5.69 Å². The van der Waals surface area contributed by atoms with Crippen LogP contribution in [0.2, 0.25) is 0 Å². The molecule has 0 aliphatic carbocycles. The second-order valence-electron chi connectivity index (χ2n) is 7.61. The summed E-state index contributed by atoms with van der Waals surface area (Å²) < 4.78 is 1.95. The summed E-state index contributed by atoms with van der Waals surface area (Å²) in [5.74, 6) is -2.29. The number of carbonyl (C=O) groups is 3. The smallest absolute Gasteiger partial charge is 0.276 e. The number of thioether (sulfide) groups is 1. The van der Waals surface area contributed by atoms with Crippen molar-refractivity contribution >= 4 is 73.3 Å². The van der Waals surface area contributed by atoms with Crippen molar-refractivity contribution in [1.29, 1.82) is 0 Å². The SMILES string of the molecule is CON=C(C(=O)NC1C(=O)N2C(C(=O)[O-])=C(C[n+]3cccc4ccsc43)CS[C@@H]12)c1csc(N)n1. The number of rotatable bonds is 7. The van der Waals surface area contributed by atoms with E-state index < -0.39 is 29.2 Å². The predicted molar refractivity (Wildman–Crippen MR) is 129 cm³/mol. The van der Waals surface area contributed by atoms with Gasteiger partial charge >= 0.3 is 0 Å². The Labute approximate surface area is 210 Å². The number of thiophene rings is 1. The van der Waals surface area contributed by atoms with Crippen LogP contribution in [0, 0.1) is 0 Å². The van der Waals surface area contributed by atoms with Crippen LogP contribution in [0.3, 0.4) is 0 Å². The fraction of sp³-hybridized carbons (Fsp3) is 0.238. The van der Waals surface area contributed by atoms with Gasteiger partial charge in [0.1, 0.15) is 24.2 Å². The molecule has 2 aliphatic rings. The number of aromatic nitrogens is 2. The molecular formula is C21H18N6O5S3. The molecule has 0 aromatic carbocycles. The van der Waals surface area contributed by atoms with Crippen molar-refractivity contribution in [2.75, 3.05) is 18.6 Å². The molecule has 1 saturated heterocycles. The lowest BCUT2D eigenvalue weighted by Gasteiger charge is -2.50. The number of thiazole rings is 1. The molecule has 1 unspecified atom stereocenters. The van der Waals surface area contributed by atoms with Gasteiger partial charge in [0, 0.05) is 22.8 Å². The molecule has 5 rings (SSSR count). The summed E-state index contributed by atoms with van der Waals surface area (Å²) >= 11 is 4.06. The second-order valence-corrected chi connectivity index (χ2v) is 10.5. The first-order valence-electron chi connectivity index (χ1n) is 10.3. The lowest BCUT2D eigenvalue weighted by molar-refractivity contribution is -0.661. The maximum Gasteiger partial charge on any atom is 0.276 e. The minimum Gasteiger partial charge on any atom is -0.543 e. The van der Waals surface area contributed by atoms with Gasteiger partial charge in [-0.25, -0.2) is 4.98 Å². The minimum absolute atomic E-state index is 0.135. The maximum absolute atomic E-state index is 13.0. The van der Waals surface area contributed by atoms with E-state index in [1.54, 1.807) is 16.7 Å². The highest BCUT2D eigenvalue weighted by Gasteiger charge is 2.53. The first-order chi connectivity index (χ1) is 16.9. The molecule has 3 aromatic heterocycles. The molecule has 3 aromatic rings. The highest BCUT2D eigenvalue weighted by atomic mass is 32.2. The average molecular weight is 531 g/mol. The van der Waals surface area contributed by atoms with E-state index in [-0.39, 0.29) is 22.2 Å². The van der Waals surface area contributed by atoms with Crippen LogP contribution in [0.5, 0.6) is 0 Å². The molecule has 35 heavy (non-hydrogen) atoms. The van der Waals surface area contributed by atoms with Crippen molar-refractivity contribution < 1.29 is 28.9 Å². The van der Waals surface area contributed by atoms with Gasteiger partial charge in [0.2, 0.25) is 0 Å². The number of hydrogen-bond donors (Lipinski definition) is 2. The molecular weight excluding hydrogens is 512 g/mol. The van der Waals surface area contributed by atoms with E-state index in [9.17, 15) is 19.5 Å². The number of carboxylic acids is 1. The molecule has 0 spiro atoms. The molecule has 5 heterocycles. The van der Waals surface area contributed by atoms with Crippen LogP contribution >= 0.6 is 34.4 Å². The van der Waals surface area contributed by atoms with E-state index in [1.807, 2.05) is 34.3 Å². The van der Waals surface area contributed by atoms with Gasteiger partial charge in [0.15, 0.2) is 23.6 Å². The van der Waals surface area contributed by atoms with Gasteiger partial charge in [-0.05, 0) is 17.5 Å².